The van der Waals surface area contributed by atoms with E-state index in [0.717, 1.165) is 24.9 Å². The van der Waals surface area contributed by atoms with Crippen molar-refractivity contribution in [1.82, 2.24) is 4.90 Å². The number of nitrogens with one attached hydrogen (secondary N) is 1. The lowest BCUT2D eigenvalue weighted by Gasteiger charge is -2.32. The molecule has 0 amide bonds. The van der Waals surface area contributed by atoms with Crippen LogP contribution in [0.25, 0.3) is 0 Å². The molecule has 1 aliphatic heterocycles. The molecule has 0 spiro atoms. The Morgan fingerprint density at radius 1 is 1.55 bits per heavy atom. The molecule has 1 unspecified atom stereocenters. The van der Waals surface area contributed by atoms with E-state index in [0.29, 0.717) is 11.3 Å². The Morgan fingerprint density at radius 2 is 2.35 bits per heavy atom. The summed E-state index contributed by atoms with van der Waals surface area (Å²) in [6.45, 7) is 5.48. The summed E-state index contributed by atoms with van der Waals surface area (Å²) in [6, 6.07) is 5.92. The van der Waals surface area contributed by atoms with Crippen LogP contribution >= 0.6 is 11.8 Å². The first kappa shape index (κ1) is 15.2. The van der Waals surface area contributed by atoms with Crippen LogP contribution in [0.3, 0.4) is 0 Å². The van der Waals surface area contributed by atoms with Crippen molar-refractivity contribution in [3.63, 3.8) is 0 Å². The van der Waals surface area contributed by atoms with Crippen molar-refractivity contribution in [2.75, 3.05) is 26.0 Å². The standard InChI is InChI=1S/C15H23N3OS/c1-3-12-10-18(6-7-20-12)9-11-4-5-13(15(16)17)14(8-11)19-2/h4-5,8,12H,3,6-7,9-10H2,1-2H3,(H3,16,17). The van der Waals surface area contributed by atoms with Crippen LogP contribution in [0.1, 0.15) is 24.5 Å². The summed E-state index contributed by atoms with van der Waals surface area (Å²) in [6.07, 6.45) is 1.23. The van der Waals surface area contributed by atoms with Crippen molar-refractivity contribution >= 4 is 17.6 Å². The Morgan fingerprint density at radius 3 is 3.00 bits per heavy atom. The molecule has 5 heteroatoms. The Hall–Kier alpha value is -1.20. The number of benzene rings is 1. The minimum Gasteiger partial charge on any atom is -0.496 e. The Kier molecular flexibility index (Phi) is 5.31. The molecule has 0 saturated carbocycles. The van der Waals surface area contributed by atoms with Crippen LogP contribution in [-0.2, 0) is 6.54 Å². The molecule has 4 nitrogen and oxygen atoms in total. The average Bonchev–Trinajstić information content (AvgIpc) is 2.47. The fraction of sp³-hybridized carbons (Fsp3) is 0.533. The van der Waals surface area contributed by atoms with Crippen molar-refractivity contribution in [1.29, 1.82) is 5.41 Å². The Bertz CT molecular complexity index is 478. The van der Waals surface area contributed by atoms with E-state index in [4.69, 9.17) is 15.9 Å². The molecule has 1 aromatic carbocycles. The molecule has 1 saturated heterocycles. The van der Waals surface area contributed by atoms with E-state index in [2.05, 4.69) is 23.6 Å². The Labute approximate surface area is 125 Å². The van der Waals surface area contributed by atoms with Gasteiger partial charge in [-0.2, -0.15) is 11.8 Å². The number of amidine groups is 1. The van der Waals surface area contributed by atoms with Gasteiger partial charge in [0.25, 0.3) is 0 Å². The molecular weight excluding hydrogens is 270 g/mol. The van der Waals surface area contributed by atoms with Gasteiger partial charge in [0.05, 0.1) is 12.7 Å². The maximum atomic E-state index is 7.54. The summed E-state index contributed by atoms with van der Waals surface area (Å²) in [7, 11) is 1.62. The summed E-state index contributed by atoms with van der Waals surface area (Å²) in [5.41, 5.74) is 7.43. The summed E-state index contributed by atoms with van der Waals surface area (Å²) in [4.78, 5) is 2.49. The monoisotopic (exact) mass is 293 g/mol. The van der Waals surface area contributed by atoms with Gasteiger partial charge in [0.15, 0.2) is 0 Å². The van der Waals surface area contributed by atoms with Gasteiger partial charge in [0.2, 0.25) is 0 Å². The zero-order valence-corrected chi connectivity index (χ0v) is 13.0. The summed E-state index contributed by atoms with van der Waals surface area (Å²) >= 11 is 2.08. The molecule has 1 atom stereocenters. The average molecular weight is 293 g/mol. The first-order valence-corrected chi connectivity index (χ1v) is 8.04. The third-order valence-corrected chi connectivity index (χ3v) is 5.01. The van der Waals surface area contributed by atoms with E-state index >= 15 is 0 Å². The third-order valence-electron chi connectivity index (χ3n) is 3.64. The molecule has 0 bridgehead atoms. The van der Waals surface area contributed by atoms with Gasteiger partial charge in [-0.15, -0.1) is 0 Å². The van der Waals surface area contributed by atoms with Gasteiger partial charge >= 0.3 is 0 Å². The molecule has 1 aromatic rings. The van der Waals surface area contributed by atoms with Gasteiger partial charge in [-0.1, -0.05) is 13.0 Å². The molecule has 1 fully saturated rings. The molecule has 1 heterocycles. The van der Waals surface area contributed by atoms with Crippen LogP contribution in [0.4, 0.5) is 0 Å². The van der Waals surface area contributed by atoms with Crippen molar-refractivity contribution < 1.29 is 4.74 Å². The molecule has 1 aliphatic rings. The van der Waals surface area contributed by atoms with Crippen LogP contribution in [0.15, 0.2) is 18.2 Å². The minimum atomic E-state index is 0.0498. The summed E-state index contributed by atoms with van der Waals surface area (Å²) in [5, 5.41) is 8.29. The zero-order chi connectivity index (χ0) is 14.5. The number of hydrogen-bond donors (Lipinski definition) is 2. The first-order valence-electron chi connectivity index (χ1n) is 6.99. The van der Waals surface area contributed by atoms with E-state index in [1.54, 1.807) is 7.11 Å². The van der Waals surface area contributed by atoms with Crippen LogP contribution in [0, 0.1) is 5.41 Å². The zero-order valence-electron chi connectivity index (χ0n) is 12.2. The maximum Gasteiger partial charge on any atom is 0.130 e. The van der Waals surface area contributed by atoms with E-state index in [1.165, 1.54) is 17.7 Å². The minimum absolute atomic E-state index is 0.0498. The smallest absolute Gasteiger partial charge is 0.130 e. The van der Waals surface area contributed by atoms with Crippen molar-refractivity contribution in [2.45, 2.75) is 25.1 Å². The molecule has 0 radical (unpaired) electrons. The molecule has 3 N–H and O–H groups in total. The van der Waals surface area contributed by atoms with Crippen LogP contribution in [0.2, 0.25) is 0 Å². The van der Waals surface area contributed by atoms with Crippen molar-refractivity contribution in [3.8, 4) is 5.75 Å². The van der Waals surface area contributed by atoms with E-state index < -0.39 is 0 Å². The van der Waals surface area contributed by atoms with Crippen LogP contribution in [-0.4, -0.2) is 41.9 Å². The second-order valence-corrected chi connectivity index (χ2v) is 6.49. The highest BCUT2D eigenvalue weighted by atomic mass is 32.2. The van der Waals surface area contributed by atoms with Crippen LogP contribution < -0.4 is 10.5 Å². The molecule has 0 aliphatic carbocycles. The van der Waals surface area contributed by atoms with Crippen molar-refractivity contribution in [2.24, 2.45) is 5.73 Å². The third kappa shape index (κ3) is 3.67. The lowest BCUT2D eigenvalue weighted by Crippen LogP contribution is -2.37. The number of rotatable bonds is 5. The number of nitrogen functional groups attached to an aromatic ring is 1. The topological polar surface area (TPSA) is 62.3 Å². The predicted molar refractivity (Wildman–Crippen MR) is 85.8 cm³/mol. The number of methoxy groups -OCH3 is 1. The number of ether oxygens (including phenoxy) is 1. The van der Waals surface area contributed by atoms with Crippen molar-refractivity contribution in [3.05, 3.63) is 29.3 Å². The van der Waals surface area contributed by atoms with Gasteiger partial charge in [-0.25, -0.2) is 0 Å². The fourth-order valence-electron chi connectivity index (χ4n) is 2.49. The molecule has 20 heavy (non-hydrogen) atoms. The number of thioether (sulfide) groups is 1. The molecule has 0 aromatic heterocycles. The number of nitrogens with two attached hydrogens (primary N) is 1. The highest BCUT2D eigenvalue weighted by Crippen LogP contribution is 2.24. The van der Waals surface area contributed by atoms with E-state index in [-0.39, 0.29) is 5.84 Å². The summed E-state index contributed by atoms with van der Waals surface area (Å²) < 4.78 is 5.34. The first-order chi connectivity index (χ1) is 9.63. The lowest BCUT2D eigenvalue weighted by molar-refractivity contribution is 0.272. The van der Waals surface area contributed by atoms with E-state index in [1.807, 2.05) is 18.2 Å². The number of nitrogens with zero attached hydrogens (tertiary/aromatic N) is 1. The second kappa shape index (κ2) is 6.99. The Balaban J connectivity index is 2.07. The maximum absolute atomic E-state index is 7.54. The lowest BCUT2D eigenvalue weighted by atomic mass is 10.1. The highest BCUT2D eigenvalue weighted by molar-refractivity contribution is 8.00. The SMILES string of the molecule is CCC1CN(Cc2ccc(C(=N)N)c(OC)c2)CCS1. The highest BCUT2D eigenvalue weighted by Gasteiger charge is 2.19. The number of hydrogen-bond acceptors (Lipinski definition) is 4. The molecular formula is C15H23N3OS. The molecule has 110 valence electrons. The quantitative estimate of drug-likeness (QED) is 0.646. The van der Waals surface area contributed by atoms with Gasteiger partial charge < -0.3 is 10.5 Å². The van der Waals surface area contributed by atoms with Gasteiger partial charge in [0.1, 0.15) is 11.6 Å². The van der Waals surface area contributed by atoms with Gasteiger partial charge in [0, 0.05) is 30.6 Å². The fourth-order valence-corrected chi connectivity index (χ4v) is 3.73. The van der Waals surface area contributed by atoms with Crippen LogP contribution in [0.5, 0.6) is 5.75 Å². The molecule has 2 rings (SSSR count). The van der Waals surface area contributed by atoms with Gasteiger partial charge in [-0.3, -0.25) is 10.3 Å². The predicted octanol–water partition coefficient (Wildman–Crippen LogP) is 2.31. The normalized spacial score (nSPS) is 19.8. The van der Waals surface area contributed by atoms with E-state index in [9.17, 15) is 0 Å². The largest absolute Gasteiger partial charge is 0.496 e. The summed E-state index contributed by atoms with van der Waals surface area (Å²) in [5.74, 6) is 1.95. The van der Waals surface area contributed by atoms with Gasteiger partial charge in [-0.05, 0) is 24.1 Å². The second-order valence-electron chi connectivity index (χ2n) is 5.08.